The highest BCUT2D eigenvalue weighted by atomic mass is 16.6. The number of hydrogen-bond acceptors (Lipinski definition) is 7. The summed E-state index contributed by atoms with van der Waals surface area (Å²) >= 11 is 0. The van der Waals surface area contributed by atoms with Crippen LogP contribution in [-0.4, -0.2) is 76.7 Å². The van der Waals surface area contributed by atoms with Crippen LogP contribution in [0, 0.1) is 10.1 Å². The van der Waals surface area contributed by atoms with Gasteiger partial charge in [-0.2, -0.15) is 0 Å². The van der Waals surface area contributed by atoms with E-state index in [9.17, 15) is 19.7 Å². The van der Waals surface area contributed by atoms with E-state index in [1.54, 1.807) is 16.8 Å². The first kappa shape index (κ1) is 24.8. The molecule has 14 nitrogen and oxygen atoms in total. The third kappa shape index (κ3) is 6.57. The minimum absolute atomic E-state index is 0.110. The van der Waals surface area contributed by atoms with Crippen molar-refractivity contribution in [2.24, 2.45) is 12.2 Å². The number of aromatic nitrogens is 2. The molecule has 1 aliphatic rings. The van der Waals surface area contributed by atoms with Crippen molar-refractivity contribution in [1.29, 1.82) is 0 Å². The van der Waals surface area contributed by atoms with E-state index in [0.29, 0.717) is 50.7 Å². The molecule has 2 amide bonds. The van der Waals surface area contributed by atoms with Crippen molar-refractivity contribution in [3.8, 4) is 0 Å². The molecule has 3 heterocycles. The van der Waals surface area contributed by atoms with Crippen molar-refractivity contribution in [3.63, 3.8) is 0 Å². The number of rotatable bonds is 11. The molecule has 2 N–H and O–H groups in total. The van der Waals surface area contributed by atoms with Crippen LogP contribution >= 0.6 is 0 Å². The number of nitro groups is 1. The Morgan fingerprint density at radius 1 is 1.21 bits per heavy atom. The van der Waals surface area contributed by atoms with E-state index in [2.05, 4.69) is 25.6 Å². The summed E-state index contributed by atoms with van der Waals surface area (Å²) in [5.41, 5.74) is 9.10. The molecule has 2 aromatic heterocycles. The molecule has 0 saturated carbocycles. The molecule has 0 atom stereocenters. The number of hydrogen-bond donors (Lipinski definition) is 2. The summed E-state index contributed by atoms with van der Waals surface area (Å²) < 4.78 is 8.37. The van der Waals surface area contributed by atoms with Crippen LogP contribution in [0.1, 0.15) is 27.4 Å². The van der Waals surface area contributed by atoms with E-state index in [-0.39, 0.29) is 23.8 Å². The van der Waals surface area contributed by atoms with Crippen LogP contribution in [-0.2, 0) is 18.3 Å². The van der Waals surface area contributed by atoms with Crippen LogP contribution in [0.3, 0.4) is 0 Å². The topological polar surface area (TPSA) is 172 Å². The second-order valence-corrected chi connectivity index (χ2v) is 7.73. The third-order valence-corrected chi connectivity index (χ3v) is 5.36. The first-order valence-corrected chi connectivity index (χ1v) is 10.8. The Morgan fingerprint density at radius 3 is 2.65 bits per heavy atom. The van der Waals surface area contributed by atoms with Crippen molar-refractivity contribution in [2.75, 3.05) is 51.3 Å². The molecule has 0 aromatic carbocycles. The fraction of sp³-hybridized carbons (Fsp3) is 0.500. The minimum atomic E-state index is -0.573. The second kappa shape index (κ2) is 11.8. The van der Waals surface area contributed by atoms with Crippen molar-refractivity contribution < 1.29 is 19.2 Å². The molecule has 182 valence electrons. The fourth-order valence-corrected chi connectivity index (χ4v) is 3.62. The Labute approximate surface area is 195 Å². The summed E-state index contributed by atoms with van der Waals surface area (Å²) in [6, 6.07) is 2.73. The first-order chi connectivity index (χ1) is 16.4. The molecule has 0 aliphatic carbocycles. The summed E-state index contributed by atoms with van der Waals surface area (Å²) in [4.78, 5) is 40.9. The fourth-order valence-electron chi connectivity index (χ4n) is 3.62. The molecule has 2 aromatic rings. The number of ether oxygens (including phenoxy) is 1. The van der Waals surface area contributed by atoms with Gasteiger partial charge in [-0.1, -0.05) is 5.11 Å². The number of anilines is 1. The Bertz CT molecular complexity index is 1080. The molecular weight excluding hydrogens is 446 g/mol. The first-order valence-electron chi connectivity index (χ1n) is 10.8. The number of morpholine rings is 1. The van der Waals surface area contributed by atoms with Gasteiger partial charge in [0.1, 0.15) is 11.4 Å². The van der Waals surface area contributed by atoms with E-state index in [1.165, 1.54) is 23.9 Å². The average molecular weight is 473 g/mol. The molecule has 0 unspecified atom stereocenters. The SMILES string of the molecule is Cn1cc([N+](=O)[O-])cc1C(=O)Nc1cc(C(=O)NCCN2CCOCC2)n(CCCN=[N+]=[N-])c1. The molecule has 3 rings (SSSR count). The average Bonchev–Trinajstić information content (AvgIpc) is 3.41. The molecule has 0 radical (unpaired) electrons. The summed E-state index contributed by atoms with van der Waals surface area (Å²) in [6.07, 6.45) is 3.37. The van der Waals surface area contributed by atoms with Crippen molar-refractivity contribution in [1.82, 2.24) is 19.4 Å². The van der Waals surface area contributed by atoms with Crippen LogP contribution in [0.4, 0.5) is 11.4 Å². The minimum Gasteiger partial charge on any atom is -0.379 e. The maximum absolute atomic E-state index is 12.8. The van der Waals surface area contributed by atoms with Gasteiger partial charge < -0.3 is 24.5 Å². The summed E-state index contributed by atoms with van der Waals surface area (Å²) in [6.45, 7) is 4.81. The zero-order valence-electron chi connectivity index (χ0n) is 18.8. The van der Waals surface area contributed by atoms with Crippen LogP contribution in [0.2, 0.25) is 0 Å². The number of azide groups is 1. The lowest BCUT2D eigenvalue weighted by molar-refractivity contribution is -0.384. The van der Waals surface area contributed by atoms with Gasteiger partial charge in [0.15, 0.2) is 0 Å². The zero-order chi connectivity index (χ0) is 24.5. The van der Waals surface area contributed by atoms with Crippen molar-refractivity contribution in [2.45, 2.75) is 13.0 Å². The number of aryl methyl sites for hydroxylation is 2. The largest absolute Gasteiger partial charge is 0.379 e. The molecule has 1 saturated heterocycles. The molecule has 1 fully saturated rings. The molecule has 14 heteroatoms. The Morgan fingerprint density at radius 2 is 1.97 bits per heavy atom. The smallest absolute Gasteiger partial charge is 0.287 e. The quantitative estimate of drug-likeness (QED) is 0.126. The number of carbonyl (C=O) groups excluding carboxylic acids is 2. The van der Waals surface area contributed by atoms with Crippen LogP contribution in [0.5, 0.6) is 0 Å². The number of nitrogens with one attached hydrogen (secondary N) is 2. The van der Waals surface area contributed by atoms with E-state index in [0.717, 1.165) is 13.1 Å². The van der Waals surface area contributed by atoms with Crippen LogP contribution in [0.25, 0.3) is 10.4 Å². The van der Waals surface area contributed by atoms with E-state index in [4.69, 9.17) is 10.3 Å². The standard InChI is InChI=1S/C20H27N9O5/c1-26-14-16(29(32)33)12-17(26)20(31)24-15-11-18(28(13-15)5-2-3-23-25-21)19(30)22-4-6-27-7-9-34-10-8-27/h11-14H,2-10H2,1H3,(H,22,30)(H,24,31). The van der Waals surface area contributed by atoms with Gasteiger partial charge in [0.25, 0.3) is 17.5 Å². The maximum atomic E-state index is 12.8. The van der Waals surface area contributed by atoms with Crippen LogP contribution in [0.15, 0.2) is 29.6 Å². The van der Waals surface area contributed by atoms with Gasteiger partial charge in [-0.05, 0) is 18.0 Å². The molecule has 34 heavy (non-hydrogen) atoms. The lowest BCUT2D eigenvalue weighted by Gasteiger charge is -2.26. The number of nitrogens with zero attached hydrogens (tertiary/aromatic N) is 7. The monoisotopic (exact) mass is 473 g/mol. The summed E-state index contributed by atoms with van der Waals surface area (Å²) in [5, 5.41) is 20.1. The molecule has 1 aliphatic heterocycles. The van der Waals surface area contributed by atoms with Gasteiger partial charge in [0, 0.05) is 63.5 Å². The number of amides is 2. The van der Waals surface area contributed by atoms with E-state index >= 15 is 0 Å². The predicted octanol–water partition coefficient (Wildman–Crippen LogP) is 1.75. The van der Waals surface area contributed by atoms with Crippen molar-refractivity contribution in [3.05, 3.63) is 56.5 Å². The zero-order valence-corrected chi connectivity index (χ0v) is 18.8. The Kier molecular flexibility index (Phi) is 8.62. The summed E-state index contributed by atoms with van der Waals surface area (Å²) in [7, 11) is 1.54. The maximum Gasteiger partial charge on any atom is 0.287 e. The van der Waals surface area contributed by atoms with Gasteiger partial charge in [-0.3, -0.25) is 24.6 Å². The Hall–Kier alpha value is -3.87. The van der Waals surface area contributed by atoms with Gasteiger partial charge in [-0.15, -0.1) is 0 Å². The van der Waals surface area contributed by atoms with Crippen LogP contribution < -0.4 is 10.6 Å². The third-order valence-electron chi connectivity index (χ3n) is 5.36. The van der Waals surface area contributed by atoms with Gasteiger partial charge in [0.2, 0.25) is 0 Å². The lowest BCUT2D eigenvalue weighted by Crippen LogP contribution is -2.41. The highest BCUT2D eigenvalue weighted by Crippen LogP contribution is 2.19. The highest BCUT2D eigenvalue weighted by molar-refractivity contribution is 6.04. The van der Waals surface area contributed by atoms with E-state index < -0.39 is 10.8 Å². The van der Waals surface area contributed by atoms with Crippen molar-refractivity contribution >= 4 is 23.2 Å². The summed E-state index contributed by atoms with van der Waals surface area (Å²) in [5.74, 6) is -0.840. The highest BCUT2D eigenvalue weighted by Gasteiger charge is 2.20. The molecule has 0 spiro atoms. The van der Waals surface area contributed by atoms with E-state index in [1.807, 2.05) is 0 Å². The predicted molar refractivity (Wildman–Crippen MR) is 123 cm³/mol. The number of carbonyl (C=O) groups is 2. The Balaban J connectivity index is 1.69. The lowest BCUT2D eigenvalue weighted by atomic mass is 10.3. The normalized spacial score (nSPS) is 13.8. The molecular formula is C20H27N9O5. The van der Waals surface area contributed by atoms with Gasteiger partial charge in [-0.25, -0.2) is 0 Å². The second-order valence-electron chi connectivity index (χ2n) is 7.73. The molecule has 0 bridgehead atoms. The van der Waals surface area contributed by atoms with Gasteiger partial charge in [0.05, 0.1) is 30.0 Å². The van der Waals surface area contributed by atoms with Gasteiger partial charge >= 0.3 is 0 Å².